The number of rotatable bonds is 5. The van der Waals surface area contributed by atoms with Crippen molar-refractivity contribution in [1.29, 1.82) is 0 Å². The van der Waals surface area contributed by atoms with Gasteiger partial charge in [0.15, 0.2) is 11.5 Å². The molecular formula is C18H16O6. The van der Waals surface area contributed by atoms with E-state index in [9.17, 15) is 9.90 Å². The third kappa shape index (κ3) is 3.43. The molecule has 0 bridgehead atoms. The summed E-state index contributed by atoms with van der Waals surface area (Å²) in [6.45, 7) is 0.132. The fourth-order valence-electron chi connectivity index (χ4n) is 2.30. The summed E-state index contributed by atoms with van der Waals surface area (Å²) >= 11 is 0. The van der Waals surface area contributed by atoms with Crippen molar-refractivity contribution in [2.75, 3.05) is 13.9 Å². The average molecular weight is 328 g/mol. The number of carbonyl (C=O) groups excluding carboxylic acids is 1. The number of methoxy groups -OCH3 is 1. The quantitative estimate of drug-likeness (QED) is 0.671. The first-order chi connectivity index (χ1) is 11.7. The van der Waals surface area contributed by atoms with Gasteiger partial charge in [-0.1, -0.05) is 18.2 Å². The molecule has 0 radical (unpaired) electrons. The average Bonchev–Trinajstić information content (AvgIpc) is 3.07. The largest absolute Gasteiger partial charge is 0.509 e. The van der Waals surface area contributed by atoms with E-state index in [2.05, 4.69) is 0 Å². The first kappa shape index (κ1) is 15.7. The molecule has 0 atom stereocenters. The minimum Gasteiger partial charge on any atom is -0.509 e. The molecule has 0 spiro atoms. The molecule has 24 heavy (non-hydrogen) atoms. The third-order valence-corrected chi connectivity index (χ3v) is 3.47. The lowest BCUT2D eigenvalue weighted by atomic mass is 10.1. The molecule has 6 nitrogen and oxygen atoms in total. The van der Waals surface area contributed by atoms with Crippen molar-refractivity contribution in [1.82, 2.24) is 0 Å². The summed E-state index contributed by atoms with van der Waals surface area (Å²) in [6, 6.07) is 12.0. The number of para-hydroxylation sites is 1. The smallest absolute Gasteiger partial charge is 0.343 e. The van der Waals surface area contributed by atoms with Crippen LogP contribution in [0.25, 0.3) is 0 Å². The van der Waals surface area contributed by atoms with E-state index in [-0.39, 0.29) is 19.0 Å². The molecule has 0 saturated carbocycles. The number of carbonyl (C=O) groups is 1. The van der Waals surface area contributed by atoms with Crippen LogP contribution in [0.15, 0.2) is 54.5 Å². The molecule has 1 aliphatic heterocycles. The monoisotopic (exact) mass is 328 g/mol. The SMILES string of the molecule is COc1ccccc1C/C(O)=C/OC(=O)c1ccc2c(c1)OCO2. The standard InChI is InChI=1S/C18H16O6/c1-21-15-5-3-2-4-12(15)8-14(19)10-22-18(20)13-6-7-16-17(9-13)24-11-23-16/h2-7,9-10,19H,8,11H2,1H3/b14-10-. The van der Waals surface area contributed by atoms with E-state index < -0.39 is 5.97 Å². The van der Waals surface area contributed by atoms with Gasteiger partial charge in [-0.3, -0.25) is 0 Å². The summed E-state index contributed by atoms with van der Waals surface area (Å²) in [4.78, 5) is 12.0. The molecule has 0 saturated heterocycles. The van der Waals surface area contributed by atoms with Crippen LogP contribution in [-0.2, 0) is 11.2 Å². The Morgan fingerprint density at radius 3 is 2.83 bits per heavy atom. The van der Waals surface area contributed by atoms with Gasteiger partial charge in [0, 0.05) is 12.0 Å². The highest BCUT2D eigenvalue weighted by molar-refractivity contribution is 5.90. The van der Waals surface area contributed by atoms with Gasteiger partial charge in [-0.15, -0.1) is 0 Å². The number of ether oxygens (including phenoxy) is 4. The van der Waals surface area contributed by atoms with Crippen LogP contribution in [0.1, 0.15) is 15.9 Å². The molecule has 3 rings (SSSR count). The van der Waals surface area contributed by atoms with Gasteiger partial charge in [-0.05, 0) is 24.3 Å². The zero-order valence-electron chi connectivity index (χ0n) is 13.0. The van der Waals surface area contributed by atoms with E-state index in [1.54, 1.807) is 25.3 Å². The number of allylic oxidation sites excluding steroid dienone is 1. The molecule has 1 aliphatic rings. The summed E-state index contributed by atoms with van der Waals surface area (Å²) in [5, 5.41) is 9.96. The second-order valence-electron chi connectivity index (χ2n) is 5.07. The number of aliphatic hydroxyl groups excluding tert-OH is 1. The van der Waals surface area contributed by atoms with Crippen molar-refractivity contribution >= 4 is 5.97 Å². The van der Waals surface area contributed by atoms with Crippen LogP contribution in [0.4, 0.5) is 0 Å². The minimum absolute atomic E-state index is 0.0893. The molecule has 124 valence electrons. The number of aliphatic hydroxyl groups is 1. The van der Waals surface area contributed by atoms with Gasteiger partial charge in [0.2, 0.25) is 6.79 Å². The maximum atomic E-state index is 12.0. The summed E-state index contributed by atoms with van der Waals surface area (Å²) in [5.74, 6) is 1.04. The predicted molar refractivity (Wildman–Crippen MR) is 85.4 cm³/mol. The van der Waals surface area contributed by atoms with Crippen molar-refractivity contribution in [2.24, 2.45) is 0 Å². The molecule has 2 aromatic carbocycles. The van der Waals surface area contributed by atoms with Gasteiger partial charge in [-0.2, -0.15) is 0 Å². The second-order valence-corrected chi connectivity index (χ2v) is 5.07. The normalized spacial score (nSPS) is 12.8. The van der Waals surface area contributed by atoms with Gasteiger partial charge < -0.3 is 24.1 Å². The highest BCUT2D eigenvalue weighted by Gasteiger charge is 2.17. The third-order valence-electron chi connectivity index (χ3n) is 3.47. The van der Waals surface area contributed by atoms with Gasteiger partial charge in [0.05, 0.1) is 12.7 Å². The van der Waals surface area contributed by atoms with Gasteiger partial charge in [0.25, 0.3) is 0 Å². The fraction of sp³-hybridized carbons (Fsp3) is 0.167. The van der Waals surface area contributed by atoms with E-state index in [1.807, 2.05) is 18.2 Å². The van der Waals surface area contributed by atoms with Crippen LogP contribution < -0.4 is 14.2 Å². The highest BCUT2D eigenvalue weighted by atomic mass is 16.7. The number of fused-ring (bicyclic) bond motifs is 1. The number of hydrogen-bond acceptors (Lipinski definition) is 6. The first-order valence-corrected chi connectivity index (χ1v) is 7.28. The Balaban J connectivity index is 1.65. The highest BCUT2D eigenvalue weighted by Crippen LogP contribution is 2.32. The molecule has 6 heteroatoms. The maximum Gasteiger partial charge on any atom is 0.343 e. The summed E-state index contributed by atoms with van der Waals surface area (Å²) < 4.78 is 20.6. The van der Waals surface area contributed by atoms with Crippen molar-refractivity contribution in [2.45, 2.75) is 6.42 Å². The molecule has 0 unspecified atom stereocenters. The minimum atomic E-state index is -0.597. The lowest BCUT2D eigenvalue weighted by Crippen LogP contribution is -2.02. The Hall–Kier alpha value is -3.15. The van der Waals surface area contributed by atoms with E-state index in [4.69, 9.17) is 18.9 Å². The Morgan fingerprint density at radius 2 is 2.00 bits per heavy atom. The number of benzene rings is 2. The van der Waals surface area contributed by atoms with Crippen LogP contribution in [0.3, 0.4) is 0 Å². The van der Waals surface area contributed by atoms with Gasteiger partial charge >= 0.3 is 5.97 Å². The van der Waals surface area contributed by atoms with Crippen LogP contribution in [0, 0.1) is 0 Å². The van der Waals surface area contributed by atoms with E-state index in [0.717, 1.165) is 11.8 Å². The number of esters is 1. The summed E-state index contributed by atoms with van der Waals surface area (Å²) in [5.41, 5.74) is 1.09. The molecule has 2 aromatic rings. The summed E-state index contributed by atoms with van der Waals surface area (Å²) in [7, 11) is 1.55. The predicted octanol–water partition coefficient (Wildman–Crippen LogP) is 3.22. The van der Waals surface area contributed by atoms with Crippen LogP contribution >= 0.6 is 0 Å². The van der Waals surface area contributed by atoms with Crippen molar-refractivity contribution in [3.63, 3.8) is 0 Å². The Kier molecular flexibility index (Phi) is 4.56. The fourth-order valence-corrected chi connectivity index (χ4v) is 2.30. The Bertz CT molecular complexity index is 781. The molecule has 0 amide bonds. The van der Waals surface area contributed by atoms with Crippen molar-refractivity contribution < 1.29 is 28.8 Å². The second kappa shape index (κ2) is 6.95. The van der Waals surface area contributed by atoms with E-state index in [1.165, 1.54) is 6.07 Å². The van der Waals surface area contributed by atoms with Crippen LogP contribution in [0.5, 0.6) is 17.2 Å². The van der Waals surface area contributed by atoms with Gasteiger partial charge in [0.1, 0.15) is 17.8 Å². The maximum absolute atomic E-state index is 12.0. The van der Waals surface area contributed by atoms with Crippen LogP contribution in [0.2, 0.25) is 0 Å². The van der Waals surface area contributed by atoms with Crippen LogP contribution in [-0.4, -0.2) is 25.0 Å². The van der Waals surface area contributed by atoms with Crippen molar-refractivity contribution in [3.05, 3.63) is 65.6 Å². The molecule has 1 N–H and O–H groups in total. The molecular weight excluding hydrogens is 312 g/mol. The first-order valence-electron chi connectivity index (χ1n) is 7.28. The molecule has 0 aromatic heterocycles. The van der Waals surface area contributed by atoms with E-state index >= 15 is 0 Å². The molecule has 0 aliphatic carbocycles. The zero-order valence-corrected chi connectivity index (χ0v) is 13.0. The lowest BCUT2D eigenvalue weighted by Gasteiger charge is -2.07. The summed E-state index contributed by atoms with van der Waals surface area (Å²) in [6.07, 6.45) is 1.22. The topological polar surface area (TPSA) is 74.2 Å². The van der Waals surface area contributed by atoms with Gasteiger partial charge in [-0.25, -0.2) is 4.79 Å². The zero-order chi connectivity index (χ0) is 16.9. The Labute approximate surface area is 138 Å². The lowest BCUT2D eigenvalue weighted by molar-refractivity contribution is 0.0650. The molecule has 0 fully saturated rings. The van der Waals surface area contributed by atoms with Crippen molar-refractivity contribution in [3.8, 4) is 17.2 Å². The number of hydrogen-bond donors (Lipinski definition) is 1. The Morgan fingerprint density at radius 1 is 1.21 bits per heavy atom. The molecule has 1 heterocycles. The van der Waals surface area contributed by atoms with E-state index in [0.29, 0.717) is 22.8 Å².